The minimum absolute atomic E-state index is 0.0442. The monoisotopic (exact) mass is 418 g/mol. The van der Waals surface area contributed by atoms with Crippen molar-refractivity contribution < 1.29 is 22.7 Å². The minimum atomic E-state index is -3.82. The summed E-state index contributed by atoms with van der Waals surface area (Å²) in [5.74, 6) is -0.538. The summed E-state index contributed by atoms with van der Waals surface area (Å²) < 4.78 is 32.5. The lowest BCUT2D eigenvalue weighted by molar-refractivity contribution is 0.0730. The maximum atomic E-state index is 13.0. The van der Waals surface area contributed by atoms with E-state index in [-0.39, 0.29) is 29.6 Å². The topological polar surface area (TPSA) is 117 Å². The summed E-state index contributed by atoms with van der Waals surface area (Å²) >= 11 is 0. The average molecular weight is 418 g/mol. The summed E-state index contributed by atoms with van der Waals surface area (Å²) in [7, 11) is -2.31. The Kier molecular flexibility index (Phi) is 6.47. The Hall–Kier alpha value is -2.95. The average Bonchev–Trinajstić information content (AvgIpc) is 2.75. The first kappa shape index (κ1) is 20.8. The van der Waals surface area contributed by atoms with Crippen molar-refractivity contribution in [3.8, 4) is 0 Å². The number of amides is 3. The molecule has 1 aliphatic heterocycles. The lowest BCUT2D eigenvalue weighted by atomic mass is 10.2. The number of carbonyl (C=O) groups is 2. The summed E-state index contributed by atoms with van der Waals surface area (Å²) in [6.07, 6.45) is 0. The van der Waals surface area contributed by atoms with Gasteiger partial charge in [0.2, 0.25) is 10.0 Å². The Labute approximate surface area is 169 Å². The molecule has 2 aromatic rings. The Morgan fingerprint density at radius 3 is 2.14 bits per heavy atom. The molecule has 154 valence electrons. The molecule has 0 unspecified atom stereocenters. The number of anilines is 2. The lowest BCUT2D eigenvalue weighted by Gasteiger charge is -2.26. The number of hydrogen-bond acceptors (Lipinski definition) is 5. The van der Waals surface area contributed by atoms with Crippen LogP contribution in [0, 0.1) is 0 Å². The number of benzene rings is 2. The zero-order valence-corrected chi connectivity index (χ0v) is 16.7. The SMILES string of the molecule is CNC(=O)Nc1ccc(NC(=O)c2ccccc2S(=O)(=O)N2CCOCC2)cc1. The van der Waals surface area contributed by atoms with E-state index < -0.39 is 15.9 Å². The van der Waals surface area contributed by atoms with Crippen LogP contribution in [0.4, 0.5) is 16.2 Å². The number of urea groups is 1. The molecule has 10 heteroatoms. The molecule has 9 nitrogen and oxygen atoms in total. The number of nitrogens with one attached hydrogen (secondary N) is 3. The predicted molar refractivity (Wildman–Crippen MR) is 108 cm³/mol. The van der Waals surface area contributed by atoms with Crippen molar-refractivity contribution in [2.45, 2.75) is 4.90 Å². The molecule has 3 N–H and O–H groups in total. The second-order valence-corrected chi connectivity index (χ2v) is 8.15. The van der Waals surface area contributed by atoms with Gasteiger partial charge in [0.05, 0.1) is 23.7 Å². The molecule has 0 spiro atoms. The summed E-state index contributed by atoms with van der Waals surface area (Å²) in [6.45, 7) is 1.14. The molecule has 0 aliphatic carbocycles. The third kappa shape index (κ3) is 4.91. The van der Waals surface area contributed by atoms with Crippen LogP contribution in [0.5, 0.6) is 0 Å². The molecule has 3 amide bonds. The van der Waals surface area contributed by atoms with Gasteiger partial charge in [0, 0.05) is 31.5 Å². The zero-order valence-electron chi connectivity index (χ0n) is 15.8. The highest BCUT2D eigenvalue weighted by molar-refractivity contribution is 7.89. The highest BCUT2D eigenvalue weighted by atomic mass is 32.2. The highest BCUT2D eigenvalue weighted by Gasteiger charge is 2.30. The van der Waals surface area contributed by atoms with Gasteiger partial charge in [-0.1, -0.05) is 12.1 Å². The maximum absolute atomic E-state index is 13.0. The Morgan fingerprint density at radius 2 is 1.52 bits per heavy atom. The van der Waals surface area contributed by atoms with E-state index in [4.69, 9.17) is 4.74 Å². The normalized spacial score (nSPS) is 14.8. The highest BCUT2D eigenvalue weighted by Crippen LogP contribution is 2.23. The number of ether oxygens (including phenoxy) is 1. The van der Waals surface area contributed by atoms with E-state index in [1.165, 1.54) is 23.5 Å². The molecule has 0 aromatic heterocycles. The van der Waals surface area contributed by atoms with Gasteiger partial charge < -0.3 is 20.7 Å². The van der Waals surface area contributed by atoms with Crippen LogP contribution >= 0.6 is 0 Å². The van der Waals surface area contributed by atoms with Gasteiger partial charge in [-0.05, 0) is 36.4 Å². The van der Waals surface area contributed by atoms with Crippen LogP contribution in [0.1, 0.15) is 10.4 Å². The summed E-state index contributed by atoms with van der Waals surface area (Å²) in [5, 5.41) is 7.75. The molecule has 29 heavy (non-hydrogen) atoms. The van der Waals surface area contributed by atoms with Gasteiger partial charge in [-0.2, -0.15) is 4.31 Å². The molecule has 0 atom stereocenters. The molecule has 1 heterocycles. The smallest absolute Gasteiger partial charge is 0.318 e. The number of hydrogen-bond donors (Lipinski definition) is 3. The van der Waals surface area contributed by atoms with Crippen LogP contribution < -0.4 is 16.0 Å². The van der Waals surface area contributed by atoms with Gasteiger partial charge in [0.1, 0.15) is 0 Å². The van der Waals surface area contributed by atoms with Crippen LogP contribution in [0.3, 0.4) is 0 Å². The van der Waals surface area contributed by atoms with Crippen LogP contribution in [0.25, 0.3) is 0 Å². The van der Waals surface area contributed by atoms with Crippen LogP contribution in [-0.4, -0.2) is 58.0 Å². The molecule has 2 aromatic carbocycles. The van der Waals surface area contributed by atoms with Crippen molar-refractivity contribution in [2.75, 3.05) is 44.0 Å². The summed E-state index contributed by atoms with van der Waals surface area (Å²) in [5.41, 5.74) is 1.08. The fraction of sp³-hybridized carbons (Fsp3) is 0.263. The van der Waals surface area contributed by atoms with Gasteiger partial charge in [-0.3, -0.25) is 4.79 Å². The van der Waals surface area contributed by atoms with E-state index in [9.17, 15) is 18.0 Å². The summed E-state index contributed by atoms with van der Waals surface area (Å²) in [6, 6.07) is 12.2. The summed E-state index contributed by atoms with van der Waals surface area (Å²) in [4.78, 5) is 24.1. The molecule has 0 saturated carbocycles. The van der Waals surface area contributed by atoms with E-state index in [1.54, 1.807) is 36.4 Å². The standard InChI is InChI=1S/C19H22N4O5S/c1-20-19(25)22-15-8-6-14(7-9-15)21-18(24)16-4-2-3-5-17(16)29(26,27)23-10-12-28-13-11-23/h2-9H,10-13H2,1H3,(H,21,24)(H2,20,22,25). The molecule has 1 aliphatic rings. The van der Waals surface area contributed by atoms with Gasteiger partial charge in [0.15, 0.2) is 0 Å². The first-order chi connectivity index (χ1) is 13.9. The van der Waals surface area contributed by atoms with Crippen LogP contribution in [0.15, 0.2) is 53.4 Å². The molecular weight excluding hydrogens is 396 g/mol. The van der Waals surface area contributed by atoms with Gasteiger partial charge >= 0.3 is 6.03 Å². The number of sulfonamides is 1. The third-order valence-electron chi connectivity index (χ3n) is 4.35. The number of morpholine rings is 1. The van der Waals surface area contributed by atoms with Gasteiger partial charge in [-0.25, -0.2) is 13.2 Å². The molecule has 1 fully saturated rings. The number of carbonyl (C=O) groups excluding carboxylic acids is 2. The Balaban J connectivity index is 1.79. The van der Waals surface area contributed by atoms with E-state index >= 15 is 0 Å². The minimum Gasteiger partial charge on any atom is -0.379 e. The van der Waals surface area contributed by atoms with Crippen molar-refractivity contribution >= 4 is 33.3 Å². The van der Waals surface area contributed by atoms with Crippen molar-refractivity contribution in [1.82, 2.24) is 9.62 Å². The largest absolute Gasteiger partial charge is 0.379 e. The maximum Gasteiger partial charge on any atom is 0.318 e. The predicted octanol–water partition coefficient (Wildman–Crippen LogP) is 1.71. The van der Waals surface area contributed by atoms with E-state index in [0.29, 0.717) is 24.6 Å². The Bertz CT molecular complexity index is 986. The zero-order chi connectivity index (χ0) is 20.9. The molecule has 0 bridgehead atoms. The van der Waals surface area contributed by atoms with Crippen LogP contribution in [-0.2, 0) is 14.8 Å². The first-order valence-electron chi connectivity index (χ1n) is 8.99. The second-order valence-electron chi connectivity index (χ2n) is 6.25. The lowest BCUT2D eigenvalue weighted by Crippen LogP contribution is -2.41. The fourth-order valence-electron chi connectivity index (χ4n) is 2.83. The molecular formula is C19H22N4O5S. The van der Waals surface area contributed by atoms with E-state index in [1.807, 2.05) is 0 Å². The third-order valence-corrected chi connectivity index (χ3v) is 6.30. The second kappa shape index (κ2) is 9.03. The van der Waals surface area contributed by atoms with Gasteiger partial charge in [0.25, 0.3) is 5.91 Å². The molecule has 0 radical (unpaired) electrons. The number of rotatable bonds is 5. The van der Waals surface area contributed by atoms with Gasteiger partial charge in [-0.15, -0.1) is 0 Å². The van der Waals surface area contributed by atoms with Crippen molar-refractivity contribution in [3.63, 3.8) is 0 Å². The first-order valence-corrected chi connectivity index (χ1v) is 10.4. The Morgan fingerprint density at radius 1 is 0.931 bits per heavy atom. The van der Waals surface area contributed by atoms with Crippen molar-refractivity contribution in [3.05, 3.63) is 54.1 Å². The van der Waals surface area contributed by atoms with E-state index in [2.05, 4.69) is 16.0 Å². The van der Waals surface area contributed by atoms with Crippen LogP contribution in [0.2, 0.25) is 0 Å². The fourth-order valence-corrected chi connectivity index (χ4v) is 4.43. The molecule has 3 rings (SSSR count). The van der Waals surface area contributed by atoms with Crippen molar-refractivity contribution in [2.24, 2.45) is 0 Å². The molecule has 1 saturated heterocycles. The quantitative estimate of drug-likeness (QED) is 0.683. The van der Waals surface area contributed by atoms with Crippen molar-refractivity contribution in [1.29, 1.82) is 0 Å². The van der Waals surface area contributed by atoms with E-state index in [0.717, 1.165) is 0 Å². The number of nitrogens with zero attached hydrogens (tertiary/aromatic N) is 1.